The molecule has 0 radical (unpaired) electrons. The number of likely N-dealkylation sites (N-methyl/N-ethyl adjacent to an activating group) is 1. The summed E-state index contributed by atoms with van der Waals surface area (Å²) in [5, 5.41) is 34.5. The molecule has 0 aromatic heterocycles. The number of allylic oxidation sites excluding steroid dienone is 3. The number of carbonyl (C=O) groups excluding carboxylic acids is 2. The van der Waals surface area contributed by atoms with E-state index in [-0.39, 0.29) is 24.5 Å². The summed E-state index contributed by atoms with van der Waals surface area (Å²) >= 11 is 0. The van der Waals surface area contributed by atoms with Crippen molar-refractivity contribution < 1.29 is 52.8 Å². The summed E-state index contributed by atoms with van der Waals surface area (Å²) in [6.45, 7) is 3.49. The number of hydrogen-bond donors (Lipinski definition) is 3. The Balaban J connectivity index is 1.82. The lowest BCUT2D eigenvalue weighted by Gasteiger charge is -2.47. The molecule has 0 aromatic rings. The van der Waals surface area contributed by atoms with Crippen molar-refractivity contribution >= 4 is 11.8 Å². The number of aliphatic hydroxyl groups excluding tert-OH is 3. The quantitative estimate of drug-likeness (QED) is 0.294. The summed E-state index contributed by atoms with van der Waals surface area (Å²) in [7, 11) is 3.30. The third-order valence-electron chi connectivity index (χ3n) is 11.1. The van der Waals surface area contributed by atoms with Gasteiger partial charge in [-0.05, 0) is 117 Å². The van der Waals surface area contributed by atoms with Crippen molar-refractivity contribution in [2.24, 2.45) is 23.7 Å². The number of nitrogens with zero attached hydrogens (tertiary/aromatic N) is 3. The number of aliphatic hydroxyl groups is 3. The van der Waals surface area contributed by atoms with Crippen LogP contribution in [0.5, 0.6) is 0 Å². The molecule has 3 fully saturated rings. The van der Waals surface area contributed by atoms with E-state index in [1.165, 1.54) is 6.08 Å². The van der Waals surface area contributed by atoms with Crippen LogP contribution in [0.15, 0.2) is 23.8 Å². The summed E-state index contributed by atoms with van der Waals surface area (Å²) < 4.78 is 104. The lowest BCUT2D eigenvalue weighted by atomic mass is 9.79. The second kappa shape index (κ2) is 20.8. The summed E-state index contributed by atoms with van der Waals surface area (Å²) in [5.41, 5.74) is 0.758. The highest BCUT2D eigenvalue weighted by Gasteiger charge is 2.47. The standard InChI is InChI=1S/C41H71N3O8/c1-8-35-32(26-44-20-13-10-14-21-44)23-27(2)15-16-33(45)28(3)24-31(17-22-43-18-11-9-12-19-43)40(29(4)34(46)25-36(47)51-35)52-41-39(49)37(42(6)7)38(48)30(5)50-41/h15-16,23,28-32,34-35,37-41,46,48-49H,8-14,17-22,24-26H2,1-7H3/b16-15+,27-23+/t28-,29+,30+,31+,32-,34-,35-,37-,38+,39+,40-,41-/m1/s1/i9D2,11D2,12D2,18D2,19D2. The third-order valence-corrected chi connectivity index (χ3v) is 11.1. The van der Waals surface area contributed by atoms with E-state index in [1.54, 1.807) is 45.8 Å². The van der Waals surface area contributed by atoms with Crippen LogP contribution in [0.1, 0.15) is 112 Å². The molecule has 298 valence electrons. The van der Waals surface area contributed by atoms with Gasteiger partial charge in [-0.2, -0.15) is 0 Å². The van der Waals surface area contributed by atoms with Crippen molar-refractivity contribution in [3.63, 3.8) is 0 Å². The van der Waals surface area contributed by atoms with Crippen LogP contribution in [0.25, 0.3) is 0 Å². The SMILES string of the molecule is [2H]C1([2H])N(CC[C@H]2C[C@@H](C)C(=O)/C=C/C(C)=C/[C@H](CN3CCCCC3)[C@@H](CC)OC(=O)C[C@@H](O)[C@H](C)[C@H]2O[C@H]2O[C@@H](C)[C@H](O)[C@@H](N(C)C)[C@@H]2O)C([2H])([2H])C([2H])([2H])C([2H])([2H])C1([2H])[2H]. The lowest BCUT2D eigenvalue weighted by Crippen LogP contribution is -2.63. The Bertz CT molecular complexity index is 1570. The topological polar surface area (TPSA) is 132 Å². The highest BCUT2D eigenvalue weighted by Crippen LogP contribution is 2.35. The highest BCUT2D eigenvalue weighted by molar-refractivity contribution is 5.91. The van der Waals surface area contributed by atoms with Crippen LogP contribution in [0.4, 0.5) is 0 Å². The number of hydrogen-bond acceptors (Lipinski definition) is 11. The zero-order valence-corrected chi connectivity index (χ0v) is 32.2. The number of cyclic esters (lactones) is 1. The molecule has 4 aliphatic rings. The maximum Gasteiger partial charge on any atom is 0.308 e. The van der Waals surface area contributed by atoms with Gasteiger partial charge in [-0.25, -0.2) is 0 Å². The first kappa shape index (κ1) is 30.5. The van der Waals surface area contributed by atoms with E-state index in [4.69, 9.17) is 27.9 Å². The van der Waals surface area contributed by atoms with Gasteiger partial charge in [-0.15, -0.1) is 0 Å². The Morgan fingerprint density at radius 2 is 1.67 bits per heavy atom. The van der Waals surface area contributed by atoms with Crippen molar-refractivity contribution in [2.75, 3.05) is 53.3 Å². The van der Waals surface area contributed by atoms with E-state index in [9.17, 15) is 24.9 Å². The van der Waals surface area contributed by atoms with E-state index in [0.717, 1.165) is 37.9 Å². The fourth-order valence-corrected chi connectivity index (χ4v) is 7.95. The second-order valence-corrected chi connectivity index (χ2v) is 15.4. The Hall–Kier alpha value is -1.70. The molecule has 0 saturated carbocycles. The van der Waals surface area contributed by atoms with Gasteiger partial charge in [-0.1, -0.05) is 51.3 Å². The second-order valence-electron chi connectivity index (χ2n) is 15.4. The van der Waals surface area contributed by atoms with Crippen LogP contribution in [0.2, 0.25) is 0 Å². The molecule has 11 nitrogen and oxygen atoms in total. The number of carbonyl (C=O) groups is 2. The number of esters is 1. The number of piperidine rings is 2. The summed E-state index contributed by atoms with van der Waals surface area (Å²) in [6, 6.07) is -0.887. The van der Waals surface area contributed by atoms with E-state index >= 15 is 0 Å². The predicted molar refractivity (Wildman–Crippen MR) is 203 cm³/mol. The van der Waals surface area contributed by atoms with Gasteiger partial charge in [0.05, 0.1) is 36.9 Å². The monoisotopic (exact) mass is 744 g/mol. The van der Waals surface area contributed by atoms with Gasteiger partial charge in [0.2, 0.25) is 0 Å². The predicted octanol–water partition coefficient (Wildman–Crippen LogP) is 4.18. The van der Waals surface area contributed by atoms with Crippen molar-refractivity contribution in [3.8, 4) is 0 Å². The summed E-state index contributed by atoms with van der Waals surface area (Å²) in [4.78, 5) is 32.0. The smallest absolute Gasteiger partial charge is 0.308 e. The fourth-order valence-electron chi connectivity index (χ4n) is 7.95. The fraction of sp³-hybridized carbons (Fsp3) is 0.854. The van der Waals surface area contributed by atoms with Crippen molar-refractivity contribution in [1.29, 1.82) is 0 Å². The normalized spacial score (nSPS) is 47.9. The Morgan fingerprint density at radius 3 is 2.33 bits per heavy atom. The van der Waals surface area contributed by atoms with Gasteiger partial charge in [0.1, 0.15) is 12.2 Å². The molecule has 0 spiro atoms. The molecule has 0 unspecified atom stereocenters. The van der Waals surface area contributed by atoms with Gasteiger partial charge >= 0.3 is 5.97 Å². The van der Waals surface area contributed by atoms with E-state index in [0.29, 0.717) is 17.9 Å². The number of ketones is 1. The van der Waals surface area contributed by atoms with Crippen LogP contribution in [0.3, 0.4) is 0 Å². The average Bonchev–Trinajstić information content (AvgIpc) is 3.18. The van der Waals surface area contributed by atoms with Gasteiger partial charge in [0, 0.05) is 38.0 Å². The first-order chi connectivity index (χ1) is 28.5. The summed E-state index contributed by atoms with van der Waals surface area (Å²) in [6.07, 6.45) is -11.0. The minimum Gasteiger partial charge on any atom is -0.462 e. The molecule has 3 N–H and O–H groups in total. The molecule has 0 amide bonds. The number of ether oxygens (including phenoxy) is 3. The average molecular weight is 744 g/mol. The molecule has 0 aromatic carbocycles. The first-order valence-corrected chi connectivity index (χ1v) is 19.2. The zero-order chi connectivity index (χ0) is 46.9. The molecule has 4 heterocycles. The molecule has 12 atom stereocenters. The maximum atomic E-state index is 14.0. The largest absolute Gasteiger partial charge is 0.462 e. The lowest BCUT2D eigenvalue weighted by molar-refractivity contribution is -0.304. The first-order valence-electron chi connectivity index (χ1n) is 24.2. The van der Waals surface area contributed by atoms with Crippen molar-refractivity contribution in [3.05, 3.63) is 23.8 Å². The van der Waals surface area contributed by atoms with Crippen molar-refractivity contribution in [2.45, 2.75) is 148 Å². The van der Waals surface area contributed by atoms with Crippen LogP contribution >= 0.6 is 0 Å². The minimum atomic E-state index is -3.62. The Kier molecular flexibility index (Phi) is 12.2. The van der Waals surface area contributed by atoms with Gasteiger partial charge in [-0.3, -0.25) is 9.59 Å². The molecular formula is C41H71N3O8. The van der Waals surface area contributed by atoms with E-state index in [1.807, 2.05) is 19.9 Å². The van der Waals surface area contributed by atoms with E-state index in [2.05, 4.69) is 4.90 Å². The molecule has 4 rings (SSSR count). The Labute approximate surface area is 327 Å². The molecule has 4 aliphatic heterocycles. The molecule has 0 bridgehead atoms. The van der Waals surface area contributed by atoms with Gasteiger partial charge in [0.15, 0.2) is 12.1 Å². The summed E-state index contributed by atoms with van der Waals surface area (Å²) in [5.74, 6) is -4.02. The van der Waals surface area contributed by atoms with Crippen molar-refractivity contribution in [1.82, 2.24) is 14.7 Å². The Morgan fingerprint density at radius 1 is 0.981 bits per heavy atom. The molecule has 11 heteroatoms. The van der Waals surface area contributed by atoms with Crippen LogP contribution < -0.4 is 0 Å². The van der Waals surface area contributed by atoms with Gasteiger partial charge in [0.25, 0.3) is 0 Å². The molecule has 3 saturated heterocycles. The van der Waals surface area contributed by atoms with Crippen LogP contribution in [0, 0.1) is 23.7 Å². The molecule has 0 aliphatic carbocycles. The third kappa shape index (κ3) is 12.2. The minimum absolute atomic E-state index is 0.0633. The molecule has 52 heavy (non-hydrogen) atoms. The maximum absolute atomic E-state index is 14.0. The zero-order valence-electron chi connectivity index (χ0n) is 42.2. The van der Waals surface area contributed by atoms with E-state index < -0.39 is 118 Å². The highest BCUT2D eigenvalue weighted by atomic mass is 16.7. The van der Waals surface area contributed by atoms with Crippen LogP contribution in [-0.2, 0) is 23.8 Å². The van der Waals surface area contributed by atoms with Gasteiger partial charge < -0.3 is 44.2 Å². The molecular weight excluding hydrogens is 662 g/mol. The van der Waals surface area contributed by atoms with Crippen LogP contribution in [-0.4, -0.2) is 144 Å². The number of likely N-dealkylation sites (tertiary alicyclic amines) is 2. The number of rotatable bonds is 9.